The lowest BCUT2D eigenvalue weighted by Gasteiger charge is -2.37. The van der Waals surface area contributed by atoms with Crippen LogP contribution >= 0.6 is 0 Å². The number of benzene rings is 2. The first-order valence-corrected chi connectivity index (χ1v) is 6.63. The number of amides is 2. The second kappa shape index (κ2) is 5.28. The minimum Gasteiger partial charge on any atom is -0.329 e. The molecular formula is C16H14N2O3. The predicted octanol–water partition coefficient (Wildman–Crippen LogP) is 2.98. The number of hydroxylamine groups is 1. The average Bonchev–Trinajstić information content (AvgIpc) is 2.53. The van der Waals surface area contributed by atoms with E-state index in [9.17, 15) is 9.59 Å². The number of carbonyl (C=O) groups excluding carboxylic acids is 2. The molecule has 1 saturated heterocycles. The normalized spacial score (nSPS) is 18.6. The molecule has 2 aromatic carbocycles. The van der Waals surface area contributed by atoms with Gasteiger partial charge in [-0.25, -0.2) is 9.59 Å². The van der Waals surface area contributed by atoms with E-state index in [-0.39, 0.29) is 6.03 Å². The maximum Gasteiger partial charge on any atom is 0.363 e. The number of carbonyl (C=O) groups is 2. The van der Waals surface area contributed by atoms with E-state index in [0.717, 1.165) is 5.06 Å². The van der Waals surface area contributed by atoms with Crippen molar-refractivity contribution in [3.05, 3.63) is 60.7 Å². The molecule has 1 heterocycles. The van der Waals surface area contributed by atoms with E-state index in [4.69, 9.17) is 4.84 Å². The molecule has 21 heavy (non-hydrogen) atoms. The fourth-order valence-corrected chi connectivity index (χ4v) is 2.22. The highest BCUT2D eigenvalue weighted by molar-refractivity contribution is 6.09. The number of hydrogen-bond donors (Lipinski definition) is 0. The first-order valence-electron chi connectivity index (χ1n) is 6.63. The van der Waals surface area contributed by atoms with E-state index < -0.39 is 12.0 Å². The van der Waals surface area contributed by atoms with Crippen molar-refractivity contribution < 1.29 is 14.4 Å². The second-order valence-corrected chi connectivity index (χ2v) is 4.70. The van der Waals surface area contributed by atoms with Crippen LogP contribution in [0.4, 0.5) is 16.2 Å². The standard InChI is InChI=1S/C16H14N2O3/c1-12-15(19)21-18(14-10-6-3-7-11-14)16(20)17(12)13-8-4-2-5-9-13/h2-12H,1H3. The third kappa shape index (κ3) is 2.33. The van der Waals surface area contributed by atoms with Crippen LogP contribution in [0.2, 0.25) is 0 Å². The van der Waals surface area contributed by atoms with Gasteiger partial charge in [-0.05, 0) is 31.2 Å². The van der Waals surface area contributed by atoms with Crippen LogP contribution in [0.15, 0.2) is 60.7 Å². The van der Waals surface area contributed by atoms with Crippen LogP contribution < -0.4 is 9.96 Å². The Morgan fingerprint density at radius 2 is 1.38 bits per heavy atom. The first-order chi connectivity index (χ1) is 10.2. The Bertz CT molecular complexity index is 658. The number of anilines is 2. The van der Waals surface area contributed by atoms with Crippen LogP contribution in [0.3, 0.4) is 0 Å². The second-order valence-electron chi connectivity index (χ2n) is 4.70. The van der Waals surface area contributed by atoms with Crippen molar-refractivity contribution in [2.75, 3.05) is 9.96 Å². The van der Waals surface area contributed by atoms with Gasteiger partial charge in [0.25, 0.3) is 0 Å². The van der Waals surface area contributed by atoms with Gasteiger partial charge in [-0.1, -0.05) is 36.4 Å². The predicted molar refractivity (Wildman–Crippen MR) is 78.8 cm³/mol. The van der Waals surface area contributed by atoms with Crippen molar-refractivity contribution in [3.63, 3.8) is 0 Å². The highest BCUT2D eigenvalue weighted by atomic mass is 16.7. The molecule has 1 atom stereocenters. The van der Waals surface area contributed by atoms with Crippen LogP contribution in [-0.4, -0.2) is 18.0 Å². The molecule has 5 heteroatoms. The molecule has 2 aromatic rings. The van der Waals surface area contributed by atoms with Crippen LogP contribution in [-0.2, 0) is 9.63 Å². The van der Waals surface area contributed by atoms with Crippen molar-refractivity contribution in [1.82, 2.24) is 0 Å². The van der Waals surface area contributed by atoms with Gasteiger partial charge in [-0.15, -0.1) is 5.06 Å². The van der Waals surface area contributed by atoms with Crippen molar-refractivity contribution in [3.8, 4) is 0 Å². The Hall–Kier alpha value is -2.82. The van der Waals surface area contributed by atoms with Crippen LogP contribution in [0.5, 0.6) is 0 Å². The van der Waals surface area contributed by atoms with Gasteiger partial charge in [-0.3, -0.25) is 4.90 Å². The smallest absolute Gasteiger partial charge is 0.329 e. The Kier molecular flexibility index (Phi) is 3.31. The molecule has 0 bridgehead atoms. The van der Waals surface area contributed by atoms with Gasteiger partial charge in [0.05, 0.1) is 5.69 Å². The highest BCUT2D eigenvalue weighted by Gasteiger charge is 2.40. The highest BCUT2D eigenvalue weighted by Crippen LogP contribution is 2.27. The number of hydrogen-bond acceptors (Lipinski definition) is 3. The minimum absolute atomic E-state index is 0.389. The molecule has 1 unspecified atom stereocenters. The third-order valence-corrected chi connectivity index (χ3v) is 3.31. The zero-order chi connectivity index (χ0) is 14.8. The summed E-state index contributed by atoms with van der Waals surface area (Å²) in [5.74, 6) is -0.470. The van der Waals surface area contributed by atoms with Gasteiger partial charge in [0.15, 0.2) is 0 Å². The Labute approximate surface area is 122 Å². The van der Waals surface area contributed by atoms with E-state index in [2.05, 4.69) is 0 Å². The molecule has 0 N–H and O–H groups in total. The topological polar surface area (TPSA) is 49.9 Å². The summed E-state index contributed by atoms with van der Waals surface area (Å²) >= 11 is 0. The van der Waals surface area contributed by atoms with Gasteiger partial charge in [-0.2, -0.15) is 0 Å². The summed E-state index contributed by atoms with van der Waals surface area (Å²) in [4.78, 5) is 31.3. The summed E-state index contributed by atoms with van der Waals surface area (Å²) in [5.41, 5.74) is 1.18. The molecule has 0 aliphatic carbocycles. The van der Waals surface area contributed by atoms with Gasteiger partial charge in [0, 0.05) is 5.69 Å². The summed E-state index contributed by atoms with van der Waals surface area (Å²) in [6, 6.07) is 16.8. The first kappa shape index (κ1) is 13.2. The zero-order valence-electron chi connectivity index (χ0n) is 11.5. The molecule has 1 aliphatic rings. The molecule has 3 rings (SSSR count). The number of urea groups is 1. The summed E-state index contributed by atoms with van der Waals surface area (Å²) in [6.07, 6.45) is 0. The van der Waals surface area contributed by atoms with E-state index in [1.54, 1.807) is 43.3 Å². The summed E-state index contributed by atoms with van der Waals surface area (Å²) in [5, 5.41) is 1.02. The van der Waals surface area contributed by atoms with Crippen LogP contribution in [0.1, 0.15) is 6.92 Å². The average molecular weight is 282 g/mol. The fourth-order valence-electron chi connectivity index (χ4n) is 2.22. The lowest BCUT2D eigenvalue weighted by Crippen LogP contribution is -2.58. The van der Waals surface area contributed by atoms with E-state index in [0.29, 0.717) is 11.4 Å². The molecule has 106 valence electrons. The maximum atomic E-state index is 12.7. The minimum atomic E-state index is -0.667. The molecule has 0 saturated carbocycles. The van der Waals surface area contributed by atoms with Crippen LogP contribution in [0, 0.1) is 0 Å². The maximum absolute atomic E-state index is 12.7. The third-order valence-electron chi connectivity index (χ3n) is 3.31. The Morgan fingerprint density at radius 1 is 0.857 bits per heavy atom. The molecule has 0 aromatic heterocycles. The van der Waals surface area contributed by atoms with Gasteiger partial charge in [0.1, 0.15) is 6.04 Å². The summed E-state index contributed by atoms with van der Waals surface area (Å²) in [7, 11) is 0. The van der Waals surface area contributed by atoms with E-state index in [1.807, 2.05) is 24.3 Å². The zero-order valence-corrected chi connectivity index (χ0v) is 11.5. The van der Waals surface area contributed by atoms with Crippen molar-refractivity contribution in [1.29, 1.82) is 0 Å². The molecule has 1 fully saturated rings. The van der Waals surface area contributed by atoms with Crippen molar-refractivity contribution in [2.24, 2.45) is 0 Å². The lowest BCUT2D eigenvalue weighted by molar-refractivity contribution is -0.146. The largest absolute Gasteiger partial charge is 0.363 e. The molecule has 0 radical (unpaired) electrons. The van der Waals surface area contributed by atoms with Gasteiger partial charge < -0.3 is 4.84 Å². The van der Waals surface area contributed by atoms with E-state index in [1.165, 1.54) is 4.90 Å². The monoisotopic (exact) mass is 282 g/mol. The number of nitrogens with zero attached hydrogens (tertiary/aromatic N) is 2. The van der Waals surface area contributed by atoms with Gasteiger partial charge >= 0.3 is 12.0 Å². The molecular weight excluding hydrogens is 268 g/mol. The van der Waals surface area contributed by atoms with Crippen molar-refractivity contribution in [2.45, 2.75) is 13.0 Å². The summed E-state index contributed by atoms with van der Waals surface area (Å²) < 4.78 is 0. The molecule has 0 spiro atoms. The van der Waals surface area contributed by atoms with Gasteiger partial charge in [0.2, 0.25) is 0 Å². The lowest BCUT2D eigenvalue weighted by atomic mass is 10.2. The molecule has 5 nitrogen and oxygen atoms in total. The van der Waals surface area contributed by atoms with Crippen molar-refractivity contribution >= 4 is 23.4 Å². The quantitative estimate of drug-likeness (QED) is 0.850. The van der Waals surface area contributed by atoms with Crippen LogP contribution in [0.25, 0.3) is 0 Å². The Balaban J connectivity index is 2.00. The van der Waals surface area contributed by atoms with E-state index >= 15 is 0 Å². The number of para-hydroxylation sites is 2. The Morgan fingerprint density at radius 3 is 1.95 bits per heavy atom. The fraction of sp³-hybridized carbons (Fsp3) is 0.125. The molecule has 1 aliphatic heterocycles. The summed E-state index contributed by atoms with van der Waals surface area (Å²) in [6.45, 7) is 1.65. The SMILES string of the molecule is CC1C(=O)ON(c2ccccc2)C(=O)N1c1ccccc1. The molecule has 2 amide bonds. The number of rotatable bonds is 2.